The molecule has 5 rings (SSSR count). The molecule has 11 heteroatoms. The quantitative estimate of drug-likeness (QED) is 0.323. The molecule has 1 amide bonds. The zero-order valence-corrected chi connectivity index (χ0v) is 20.0. The second-order valence-electron chi connectivity index (χ2n) is 8.11. The van der Waals surface area contributed by atoms with Gasteiger partial charge in [-0.3, -0.25) is 9.48 Å². The molecule has 2 aromatic carbocycles. The third-order valence-corrected chi connectivity index (χ3v) is 5.66. The van der Waals surface area contributed by atoms with Gasteiger partial charge in [0.15, 0.2) is 17.2 Å². The number of ether oxygens (including phenoxy) is 4. The van der Waals surface area contributed by atoms with Crippen LogP contribution in [0.25, 0.3) is 10.9 Å². The van der Waals surface area contributed by atoms with Crippen LogP contribution < -0.4 is 24.8 Å². The van der Waals surface area contributed by atoms with Gasteiger partial charge < -0.3 is 29.6 Å². The number of fused-ring (bicyclic) bond motifs is 2. The summed E-state index contributed by atoms with van der Waals surface area (Å²) in [5.41, 5.74) is 3.68. The Hall–Kier alpha value is -4.38. The van der Waals surface area contributed by atoms with Gasteiger partial charge in [0.25, 0.3) is 0 Å². The second kappa shape index (κ2) is 10.5. The molecule has 0 spiro atoms. The molecule has 0 unspecified atom stereocenters. The number of anilines is 2. The van der Waals surface area contributed by atoms with Gasteiger partial charge >= 0.3 is 0 Å². The van der Waals surface area contributed by atoms with E-state index < -0.39 is 0 Å². The van der Waals surface area contributed by atoms with Crippen LogP contribution in [0.5, 0.6) is 23.1 Å². The molecule has 0 saturated carbocycles. The highest BCUT2D eigenvalue weighted by Gasteiger charge is 2.15. The number of hydrogen-bond donors (Lipinski definition) is 2. The number of hydrogen-bond acceptors (Lipinski definition) is 9. The van der Waals surface area contributed by atoms with Crippen LogP contribution in [0.3, 0.4) is 0 Å². The Kier molecular flexibility index (Phi) is 6.80. The number of amides is 1. The zero-order chi connectivity index (χ0) is 24.9. The SMILES string of the molecule is COCCOc1cc2ncnc(Oc3cnn(CC(=O)Nc4ccc5c(c4)NCC5)c3)c2cc1OC. The average molecular weight is 491 g/mol. The van der Waals surface area contributed by atoms with E-state index in [4.69, 9.17) is 18.9 Å². The van der Waals surface area contributed by atoms with E-state index in [0.717, 1.165) is 24.3 Å². The van der Waals surface area contributed by atoms with E-state index >= 15 is 0 Å². The summed E-state index contributed by atoms with van der Waals surface area (Å²) in [6.07, 6.45) is 5.57. The molecule has 0 bridgehead atoms. The predicted molar refractivity (Wildman–Crippen MR) is 133 cm³/mol. The highest BCUT2D eigenvalue weighted by molar-refractivity contribution is 5.91. The van der Waals surface area contributed by atoms with Crippen molar-refractivity contribution in [2.75, 3.05) is 44.6 Å². The van der Waals surface area contributed by atoms with Crippen molar-refractivity contribution >= 4 is 28.2 Å². The molecule has 1 aliphatic rings. The lowest BCUT2D eigenvalue weighted by Gasteiger charge is -2.12. The van der Waals surface area contributed by atoms with E-state index in [2.05, 4.69) is 25.7 Å². The van der Waals surface area contributed by atoms with Crippen LogP contribution in [-0.4, -0.2) is 59.6 Å². The van der Waals surface area contributed by atoms with Crippen molar-refractivity contribution in [2.45, 2.75) is 13.0 Å². The maximum absolute atomic E-state index is 12.5. The molecule has 3 heterocycles. The van der Waals surface area contributed by atoms with Crippen LogP contribution in [0.4, 0.5) is 11.4 Å². The van der Waals surface area contributed by atoms with Gasteiger partial charge in [-0.05, 0) is 30.2 Å². The van der Waals surface area contributed by atoms with Crippen LogP contribution >= 0.6 is 0 Å². The van der Waals surface area contributed by atoms with Crippen molar-refractivity contribution in [1.82, 2.24) is 19.7 Å². The number of carbonyl (C=O) groups is 1. The molecule has 2 N–H and O–H groups in total. The van der Waals surface area contributed by atoms with Crippen molar-refractivity contribution in [1.29, 1.82) is 0 Å². The second-order valence-corrected chi connectivity index (χ2v) is 8.11. The minimum absolute atomic E-state index is 0.0361. The van der Waals surface area contributed by atoms with Gasteiger partial charge in [0, 0.05) is 31.1 Å². The molecular weight excluding hydrogens is 464 g/mol. The van der Waals surface area contributed by atoms with Crippen molar-refractivity contribution in [3.63, 3.8) is 0 Å². The van der Waals surface area contributed by atoms with Gasteiger partial charge in [-0.25, -0.2) is 9.97 Å². The highest BCUT2D eigenvalue weighted by Crippen LogP contribution is 2.36. The molecule has 186 valence electrons. The van der Waals surface area contributed by atoms with Gasteiger partial charge in [0.05, 0.1) is 37.0 Å². The summed E-state index contributed by atoms with van der Waals surface area (Å²) in [5.74, 6) is 1.64. The van der Waals surface area contributed by atoms with Gasteiger partial charge in [-0.15, -0.1) is 0 Å². The van der Waals surface area contributed by atoms with Gasteiger partial charge in [0.2, 0.25) is 11.8 Å². The Morgan fingerprint density at radius 1 is 1.14 bits per heavy atom. The smallest absolute Gasteiger partial charge is 0.246 e. The molecule has 2 aromatic heterocycles. The van der Waals surface area contributed by atoms with Crippen molar-refractivity contribution in [3.8, 4) is 23.1 Å². The third kappa shape index (κ3) is 5.15. The first kappa shape index (κ1) is 23.4. The molecular formula is C25H26N6O5. The highest BCUT2D eigenvalue weighted by atomic mass is 16.5. The molecule has 36 heavy (non-hydrogen) atoms. The Morgan fingerprint density at radius 3 is 2.92 bits per heavy atom. The first-order chi connectivity index (χ1) is 17.6. The Bertz CT molecular complexity index is 1390. The Morgan fingerprint density at radius 2 is 2.06 bits per heavy atom. The first-order valence-corrected chi connectivity index (χ1v) is 11.4. The molecule has 0 atom stereocenters. The van der Waals surface area contributed by atoms with Gasteiger partial charge in [-0.2, -0.15) is 5.10 Å². The van der Waals surface area contributed by atoms with Crippen LogP contribution in [0.1, 0.15) is 5.56 Å². The fraction of sp³-hybridized carbons (Fsp3) is 0.280. The lowest BCUT2D eigenvalue weighted by molar-refractivity contribution is -0.116. The summed E-state index contributed by atoms with van der Waals surface area (Å²) in [5, 5.41) is 11.1. The maximum atomic E-state index is 12.5. The van der Waals surface area contributed by atoms with Crippen LogP contribution in [0.15, 0.2) is 49.1 Å². The predicted octanol–water partition coefficient (Wildman–Crippen LogP) is 3.26. The number of benzene rings is 2. The first-order valence-electron chi connectivity index (χ1n) is 11.4. The number of carbonyl (C=O) groups excluding carboxylic acids is 1. The number of methoxy groups -OCH3 is 2. The summed E-state index contributed by atoms with van der Waals surface area (Å²) in [6.45, 7) is 1.78. The van der Waals surface area contributed by atoms with E-state index in [-0.39, 0.29) is 12.5 Å². The zero-order valence-electron chi connectivity index (χ0n) is 20.0. The van der Waals surface area contributed by atoms with E-state index in [1.807, 2.05) is 18.2 Å². The van der Waals surface area contributed by atoms with Crippen molar-refractivity contribution in [2.24, 2.45) is 0 Å². The summed E-state index contributed by atoms with van der Waals surface area (Å²) in [4.78, 5) is 21.1. The molecule has 11 nitrogen and oxygen atoms in total. The molecule has 0 aliphatic carbocycles. The van der Waals surface area contributed by atoms with E-state index in [9.17, 15) is 4.79 Å². The van der Waals surface area contributed by atoms with E-state index in [1.165, 1.54) is 22.8 Å². The van der Waals surface area contributed by atoms with Gasteiger partial charge in [-0.1, -0.05) is 6.07 Å². The van der Waals surface area contributed by atoms with E-state index in [0.29, 0.717) is 47.2 Å². The average Bonchev–Trinajstić information content (AvgIpc) is 3.53. The van der Waals surface area contributed by atoms with E-state index in [1.54, 1.807) is 32.5 Å². The molecule has 1 aliphatic heterocycles. The fourth-order valence-corrected chi connectivity index (χ4v) is 3.94. The summed E-state index contributed by atoms with van der Waals surface area (Å²) in [6, 6.07) is 9.40. The Balaban J connectivity index is 1.27. The monoisotopic (exact) mass is 490 g/mol. The van der Waals surface area contributed by atoms with Crippen molar-refractivity contribution in [3.05, 3.63) is 54.6 Å². The molecule has 0 saturated heterocycles. The fourth-order valence-electron chi connectivity index (χ4n) is 3.94. The minimum Gasteiger partial charge on any atom is -0.493 e. The largest absolute Gasteiger partial charge is 0.493 e. The summed E-state index contributed by atoms with van der Waals surface area (Å²) < 4.78 is 23.7. The van der Waals surface area contributed by atoms with Crippen LogP contribution in [-0.2, 0) is 22.5 Å². The summed E-state index contributed by atoms with van der Waals surface area (Å²) in [7, 11) is 3.17. The lowest BCUT2D eigenvalue weighted by atomic mass is 10.1. The van der Waals surface area contributed by atoms with Crippen molar-refractivity contribution < 1.29 is 23.7 Å². The molecule has 0 radical (unpaired) electrons. The molecule has 4 aromatic rings. The van der Waals surface area contributed by atoms with Gasteiger partial charge in [0.1, 0.15) is 19.5 Å². The normalized spacial score (nSPS) is 12.2. The number of nitrogens with one attached hydrogen (secondary N) is 2. The number of aromatic nitrogens is 4. The maximum Gasteiger partial charge on any atom is 0.246 e. The lowest BCUT2D eigenvalue weighted by Crippen LogP contribution is -2.19. The van der Waals surface area contributed by atoms with Crippen LogP contribution in [0.2, 0.25) is 0 Å². The van der Waals surface area contributed by atoms with Crippen LogP contribution in [0, 0.1) is 0 Å². The standard InChI is InChI=1S/C25H26N6O5/c1-33-7-8-35-23-11-21-19(10-22(23)34-2)25(28-15-27-21)36-18-12-29-31(13-18)14-24(32)30-17-4-3-16-5-6-26-20(16)9-17/h3-4,9-13,15,26H,5-8,14H2,1-2H3,(H,30,32). The topological polar surface area (TPSA) is 122 Å². The number of rotatable bonds is 10. The third-order valence-electron chi connectivity index (χ3n) is 5.66. The molecule has 0 fully saturated rings. The number of nitrogens with zero attached hydrogens (tertiary/aromatic N) is 4. The minimum atomic E-state index is -0.194. The summed E-state index contributed by atoms with van der Waals surface area (Å²) >= 11 is 0. The Labute approximate surface area is 207 Å².